The van der Waals surface area contributed by atoms with E-state index in [9.17, 15) is 0 Å². The second-order valence-electron chi connectivity index (χ2n) is 4.89. The van der Waals surface area contributed by atoms with E-state index in [0.29, 0.717) is 22.0 Å². The first-order valence-electron chi connectivity index (χ1n) is 6.44. The van der Waals surface area contributed by atoms with Crippen molar-refractivity contribution in [2.24, 2.45) is 0 Å². The Balaban J connectivity index is 1.81. The zero-order valence-corrected chi connectivity index (χ0v) is 12.5. The van der Waals surface area contributed by atoms with E-state index in [4.69, 9.17) is 23.2 Å². The Labute approximate surface area is 127 Å². The molecule has 1 aliphatic rings. The largest absolute Gasteiger partial charge is 0.351 e. The molecule has 2 N–H and O–H groups in total. The van der Waals surface area contributed by atoms with E-state index in [1.54, 1.807) is 12.1 Å². The van der Waals surface area contributed by atoms with Crippen LogP contribution in [0.5, 0.6) is 0 Å². The van der Waals surface area contributed by atoms with Crippen LogP contribution in [0.4, 0.5) is 17.5 Å². The van der Waals surface area contributed by atoms with Crippen LogP contribution in [0.1, 0.15) is 18.5 Å². The van der Waals surface area contributed by atoms with Gasteiger partial charge in [-0.15, -0.1) is 0 Å². The molecule has 0 saturated heterocycles. The zero-order chi connectivity index (χ0) is 14.1. The number of hydrogen-bond donors (Lipinski definition) is 2. The van der Waals surface area contributed by atoms with Crippen molar-refractivity contribution < 1.29 is 0 Å². The first-order valence-corrected chi connectivity index (χ1v) is 7.20. The van der Waals surface area contributed by atoms with E-state index in [1.807, 2.05) is 19.1 Å². The lowest BCUT2D eigenvalue weighted by atomic mass is 10.3. The average molecular weight is 309 g/mol. The molecule has 3 rings (SSSR count). The normalized spacial score (nSPS) is 14.2. The minimum atomic E-state index is 0.513. The number of anilines is 3. The molecule has 0 amide bonds. The molecule has 0 bridgehead atoms. The van der Waals surface area contributed by atoms with Gasteiger partial charge in [0.05, 0.1) is 10.0 Å². The summed E-state index contributed by atoms with van der Waals surface area (Å²) in [5, 5.41) is 7.55. The summed E-state index contributed by atoms with van der Waals surface area (Å²) in [5.41, 5.74) is 1.75. The van der Waals surface area contributed by atoms with Crippen LogP contribution >= 0.6 is 23.2 Å². The molecule has 1 aliphatic carbocycles. The van der Waals surface area contributed by atoms with Gasteiger partial charge in [0.2, 0.25) is 5.95 Å². The van der Waals surface area contributed by atoms with Crippen molar-refractivity contribution in [1.82, 2.24) is 9.97 Å². The maximum absolute atomic E-state index is 6.00. The molecule has 0 unspecified atom stereocenters. The van der Waals surface area contributed by atoms with Gasteiger partial charge in [-0.25, -0.2) is 4.98 Å². The molecule has 20 heavy (non-hydrogen) atoms. The van der Waals surface area contributed by atoms with E-state index in [0.717, 1.165) is 17.2 Å². The van der Waals surface area contributed by atoms with Crippen molar-refractivity contribution in [2.75, 3.05) is 10.6 Å². The maximum atomic E-state index is 6.00. The summed E-state index contributed by atoms with van der Waals surface area (Å²) in [6.45, 7) is 1.94. The molecule has 0 radical (unpaired) electrons. The molecule has 104 valence electrons. The molecule has 2 aromatic rings. The van der Waals surface area contributed by atoms with Gasteiger partial charge in [0, 0.05) is 23.5 Å². The summed E-state index contributed by atoms with van der Waals surface area (Å²) in [6.07, 6.45) is 2.37. The molecule has 6 heteroatoms. The summed E-state index contributed by atoms with van der Waals surface area (Å²) in [6, 6.07) is 7.80. The number of benzene rings is 1. The van der Waals surface area contributed by atoms with Gasteiger partial charge in [-0.2, -0.15) is 4.98 Å². The highest BCUT2D eigenvalue weighted by atomic mass is 35.5. The lowest BCUT2D eigenvalue weighted by molar-refractivity contribution is 1.03. The van der Waals surface area contributed by atoms with Crippen LogP contribution in [-0.2, 0) is 0 Å². The summed E-state index contributed by atoms with van der Waals surface area (Å²) in [4.78, 5) is 8.83. The van der Waals surface area contributed by atoms with Crippen molar-refractivity contribution in [1.29, 1.82) is 0 Å². The fraction of sp³-hybridized carbons (Fsp3) is 0.286. The topological polar surface area (TPSA) is 49.8 Å². The minimum Gasteiger partial charge on any atom is -0.351 e. The Hall–Kier alpha value is -1.52. The highest BCUT2D eigenvalue weighted by Gasteiger charge is 2.22. The van der Waals surface area contributed by atoms with Gasteiger partial charge in [-0.1, -0.05) is 23.2 Å². The van der Waals surface area contributed by atoms with E-state index >= 15 is 0 Å². The fourth-order valence-corrected chi connectivity index (χ4v) is 2.13. The van der Waals surface area contributed by atoms with Crippen LogP contribution in [0, 0.1) is 6.92 Å². The summed E-state index contributed by atoms with van der Waals surface area (Å²) in [7, 11) is 0. The lowest BCUT2D eigenvalue weighted by Crippen LogP contribution is -2.07. The van der Waals surface area contributed by atoms with Crippen LogP contribution in [-0.4, -0.2) is 16.0 Å². The standard InChI is InChI=1S/C14H14Cl2N4/c1-8-6-13(20-14(17-8)19-9-2-3-9)18-10-4-5-11(15)12(16)7-10/h4-7,9H,2-3H2,1H3,(H2,17,18,19,20). The third kappa shape index (κ3) is 3.32. The Morgan fingerprint density at radius 1 is 1.10 bits per heavy atom. The molecular formula is C14H14Cl2N4. The van der Waals surface area contributed by atoms with Crippen LogP contribution in [0.25, 0.3) is 0 Å². The van der Waals surface area contributed by atoms with Crippen molar-refractivity contribution in [3.05, 3.63) is 40.0 Å². The molecule has 1 aromatic carbocycles. The molecule has 1 heterocycles. The van der Waals surface area contributed by atoms with Gasteiger partial charge in [0.1, 0.15) is 5.82 Å². The second-order valence-corrected chi connectivity index (χ2v) is 5.71. The number of nitrogens with one attached hydrogen (secondary N) is 2. The predicted molar refractivity (Wildman–Crippen MR) is 83.2 cm³/mol. The fourth-order valence-electron chi connectivity index (χ4n) is 1.83. The number of aromatic nitrogens is 2. The van der Waals surface area contributed by atoms with Crippen molar-refractivity contribution in [2.45, 2.75) is 25.8 Å². The molecule has 0 aliphatic heterocycles. The minimum absolute atomic E-state index is 0.513. The second kappa shape index (κ2) is 5.46. The van der Waals surface area contributed by atoms with Crippen LogP contribution in [0.2, 0.25) is 10.0 Å². The quantitative estimate of drug-likeness (QED) is 0.878. The van der Waals surface area contributed by atoms with Crippen molar-refractivity contribution in [3.63, 3.8) is 0 Å². The Morgan fingerprint density at radius 2 is 1.90 bits per heavy atom. The monoisotopic (exact) mass is 308 g/mol. The Bertz CT molecular complexity index is 641. The summed E-state index contributed by atoms with van der Waals surface area (Å²) >= 11 is 11.9. The van der Waals surface area contributed by atoms with Crippen molar-refractivity contribution >= 4 is 40.7 Å². The molecule has 1 fully saturated rings. The molecule has 4 nitrogen and oxygen atoms in total. The first-order chi connectivity index (χ1) is 9.60. The van der Waals surface area contributed by atoms with Crippen LogP contribution in [0.15, 0.2) is 24.3 Å². The van der Waals surface area contributed by atoms with Crippen molar-refractivity contribution in [3.8, 4) is 0 Å². The third-order valence-electron chi connectivity index (χ3n) is 2.96. The SMILES string of the molecule is Cc1cc(Nc2ccc(Cl)c(Cl)c2)nc(NC2CC2)n1. The molecule has 1 aromatic heterocycles. The van der Waals surface area contributed by atoms with E-state index < -0.39 is 0 Å². The molecule has 1 saturated carbocycles. The highest BCUT2D eigenvalue weighted by Crippen LogP contribution is 2.27. The van der Waals surface area contributed by atoms with Gasteiger partial charge in [0.25, 0.3) is 0 Å². The average Bonchev–Trinajstić information content (AvgIpc) is 3.17. The molecule has 0 atom stereocenters. The predicted octanol–water partition coefficient (Wildman–Crippen LogP) is 4.41. The smallest absolute Gasteiger partial charge is 0.225 e. The Morgan fingerprint density at radius 3 is 2.60 bits per heavy atom. The number of halogens is 2. The Kier molecular flexibility index (Phi) is 3.68. The number of aryl methyl sites for hydroxylation is 1. The third-order valence-corrected chi connectivity index (χ3v) is 3.70. The van der Waals surface area contributed by atoms with Gasteiger partial charge >= 0.3 is 0 Å². The highest BCUT2D eigenvalue weighted by molar-refractivity contribution is 6.42. The van der Waals surface area contributed by atoms with Gasteiger partial charge in [-0.05, 0) is 38.0 Å². The number of rotatable bonds is 4. The maximum Gasteiger partial charge on any atom is 0.225 e. The van der Waals surface area contributed by atoms with Crippen LogP contribution < -0.4 is 10.6 Å². The molecular weight excluding hydrogens is 295 g/mol. The van der Waals surface area contributed by atoms with E-state index in [1.165, 1.54) is 12.8 Å². The van der Waals surface area contributed by atoms with Gasteiger partial charge in [0.15, 0.2) is 0 Å². The van der Waals surface area contributed by atoms with E-state index in [2.05, 4.69) is 20.6 Å². The number of nitrogens with zero attached hydrogens (tertiary/aromatic N) is 2. The van der Waals surface area contributed by atoms with Crippen LogP contribution in [0.3, 0.4) is 0 Å². The van der Waals surface area contributed by atoms with Gasteiger partial charge in [-0.3, -0.25) is 0 Å². The lowest BCUT2D eigenvalue weighted by Gasteiger charge is -2.10. The zero-order valence-electron chi connectivity index (χ0n) is 11.0. The first kappa shape index (κ1) is 13.5. The number of hydrogen-bond acceptors (Lipinski definition) is 4. The van der Waals surface area contributed by atoms with Gasteiger partial charge < -0.3 is 10.6 Å². The van der Waals surface area contributed by atoms with E-state index in [-0.39, 0.29) is 0 Å². The summed E-state index contributed by atoms with van der Waals surface area (Å²) in [5.74, 6) is 1.40. The molecule has 0 spiro atoms. The summed E-state index contributed by atoms with van der Waals surface area (Å²) < 4.78 is 0.